The first-order chi connectivity index (χ1) is 20.6. The second kappa shape index (κ2) is 14.0. The summed E-state index contributed by atoms with van der Waals surface area (Å²) in [6.45, 7) is 3.87. The number of carbonyl (C=O) groups is 3. The number of halogens is 6. The van der Waals surface area contributed by atoms with Crippen molar-refractivity contribution in [3.63, 3.8) is 0 Å². The monoisotopic (exact) mass is 652 g/mol. The van der Waals surface area contributed by atoms with Gasteiger partial charge >= 0.3 is 30.4 Å². The number of ether oxygens (including phenoxy) is 1. The van der Waals surface area contributed by atoms with Crippen molar-refractivity contribution in [2.75, 3.05) is 26.7 Å². The summed E-state index contributed by atoms with van der Waals surface area (Å²) in [4.78, 5) is 38.7. The maximum Gasteiger partial charge on any atom is 0.490 e. The SMILES string of the molecule is COC(=O)N1Cc2nnc(-c3cccnc3)n2C2(CCN(Cc3ccsc3)CC2)C1.O=C(O)C(F)(F)F.O=C(O)C(F)(F)F. The van der Waals surface area contributed by atoms with Crippen LogP contribution >= 0.6 is 11.3 Å². The van der Waals surface area contributed by atoms with Gasteiger partial charge in [0.25, 0.3) is 0 Å². The summed E-state index contributed by atoms with van der Waals surface area (Å²) < 4.78 is 70.8. The van der Waals surface area contributed by atoms with Crippen LogP contribution in [0.2, 0.25) is 0 Å². The molecule has 0 radical (unpaired) electrons. The summed E-state index contributed by atoms with van der Waals surface area (Å²) in [5, 5.41) is 27.5. The first-order valence-corrected chi connectivity index (χ1v) is 13.5. The molecule has 5 rings (SSSR count). The molecule has 240 valence electrons. The van der Waals surface area contributed by atoms with Gasteiger partial charge in [0.1, 0.15) is 0 Å². The van der Waals surface area contributed by atoms with Crippen molar-refractivity contribution in [3.05, 3.63) is 52.7 Å². The number of thiophene rings is 1. The number of carboxylic acids is 2. The van der Waals surface area contributed by atoms with E-state index in [9.17, 15) is 31.1 Å². The van der Waals surface area contributed by atoms with Crippen molar-refractivity contribution >= 4 is 29.4 Å². The largest absolute Gasteiger partial charge is 0.490 e. The third-order valence-corrected chi connectivity index (χ3v) is 7.36. The zero-order chi connectivity index (χ0) is 32.7. The number of methoxy groups -OCH3 is 1. The van der Waals surface area contributed by atoms with Gasteiger partial charge in [0.05, 0.1) is 19.2 Å². The van der Waals surface area contributed by atoms with E-state index in [4.69, 9.17) is 24.5 Å². The van der Waals surface area contributed by atoms with E-state index in [2.05, 4.69) is 41.5 Å². The molecule has 1 fully saturated rings. The van der Waals surface area contributed by atoms with Gasteiger partial charge in [0.15, 0.2) is 11.6 Å². The van der Waals surface area contributed by atoms with E-state index >= 15 is 0 Å². The number of rotatable bonds is 3. The Kier molecular flexibility index (Phi) is 10.9. The van der Waals surface area contributed by atoms with Crippen LogP contribution in [0.1, 0.15) is 24.2 Å². The molecule has 1 spiro atoms. The van der Waals surface area contributed by atoms with E-state index in [1.807, 2.05) is 18.3 Å². The maximum atomic E-state index is 12.4. The lowest BCUT2D eigenvalue weighted by molar-refractivity contribution is -0.193. The number of hydrogen-bond donors (Lipinski definition) is 2. The number of aromatic nitrogens is 4. The Balaban J connectivity index is 0.000000317. The first-order valence-electron chi connectivity index (χ1n) is 12.6. The highest BCUT2D eigenvalue weighted by molar-refractivity contribution is 7.07. The zero-order valence-corrected chi connectivity index (χ0v) is 23.7. The van der Waals surface area contributed by atoms with Crippen LogP contribution in [-0.2, 0) is 33.0 Å². The minimum Gasteiger partial charge on any atom is -0.475 e. The van der Waals surface area contributed by atoms with E-state index in [0.29, 0.717) is 13.1 Å². The van der Waals surface area contributed by atoms with Gasteiger partial charge < -0.3 is 19.5 Å². The molecule has 2 aliphatic heterocycles. The molecule has 2 aliphatic rings. The Morgan fingerprint density at radius 1 is 1.02 bits per heavy atom. The Morgan fingerprint density at radius 2 is 1.64 bits per heavy atom. The smallest absolute Gasteiger partial charge is 0.475 e. The lowest BCUT2D eigenvalue weighted by Gasteiger charge is -2.48. The van der Waals surface area contributed by atoms with Gasteiger partial charge in [-0.25, -0.2) is 14.4 Å². The van der Waals surface area contributed by atoms with Gasteiger partial charge in [-0.1, -0.05) is 0 Å². The highest BCUT2D eigenvalue weighted by Gasteiger charge is 2.46. The average molecular weight is 653 g/mol. The number of pyridine rings is 1. The second-order valence-corrected chi connectivity index (χ2v) is 10.4. The summed E-state index contributed by atoms with van der Waals surface area (Å²) in [5.41, 5.74) is 2.06. The molecule has 12 nitrogen and oxygen atoms in total. The van der Waals surface area contributed by atoms with Crippen molar-refractivity contribution in [2.45, 2.75) is 43.8 Å². The van der Waals surface area contributed by atoms with Crippen LogP contribution in [0.4, 0.5) is 31.1 Å². The summed E-state index contributed by atoms with van der Waals surface area (Å²) in [5.74, 6) is -3.88. The Bertz CT molecular complexity index is 1390. The number of piperidine rings is 1. The predicted molar refractivity (Wildman–Crippen MR) is 140 cm³/mol. The summed E-state index contributed by atoms with van der Waals surface area (Å²) in [6, 6.07) is 6.11. The van der Waals surface area contributed by atoms with Crippen LogP contribution in [0.15, 0.2) is 41.4 Å². The van der Waals surface area contributed by atoms with E-state index in [0.717, 1.165) is 49.7 Å². The number of likely N-dealkylation sites (tertiary alicyclic amines) is 1. The van der Waals surface area contributed by atoms with Crippen molar-refractivity contribution in [3.8, 4) is 11.4 Å². The molecule has 3 aromatic rings. The van der Waals surface area contributed by atoms with Crippen molar-refractivity contribution in [1.82, 2.24) is 29.5 Å². The van der Waals surface area contributed by atoms with E-state index < -0.39 is 24.3 Å². The van der Waals surface area contributed by atoms with Gasteiger partial charge in [-0.15, -0.1) is 10.2 Å². The molecule has 44 heavy (non-hydrogen) atoms. The molecule has 0 saturated carbocycles. The zero-order valence-electron chi connectivity index (χ0n) is 22.9. The fraction of sp³-hybridized carbons (Fsp3) is 0.440. The molecule has 1 amide bonds. The molecule has 0 aliphatic carbocycles. The van der Waals surface area contributed by atoms with Crippen LogP contribution in [0.5, 0.6) is 0 Å². The second-order valence-electron chi connectivity index (χ2n) is 9.58. The number of hydrogen-bond acceptors (Lipinski definition) is 9. The third kappa shape index (κ3) is 8.65. The number of fused-ring (bicyclic) bond motifs is 2. The topological polar surface area (TPSA) is 151 Å². The van der Waals surface area contributed by atoms with E-state index in [1.165, 1.54) is 12.7 Å². The van der Waals surface area contributed by atoms with Crippen LogP contribution < -0.4 is 0 Å². The summed E-state index contributed by atoms with van der Waals surface area (Å²) in [7, 11) is 1.43. The fourth-order valence-electron chi connectivity index (χ4n) is 4.66. The van der Waals surface area contributed by atoms with Crippen molar-refractivity contribution < 1.29 is 55.7 Å². The van der Waals surface area contributed by atoms with Crippen LogP contribution in [0.3, 0.4) is 0 Å². The van der Waals surface area contributed by atoms with Gasteiger partial charge in [0.2, 0.25) is 0 Å². The number of aliphatic carboxylic acids is 2. The molecule has 1 saturated heterocycles. The number of carboxylic acid groups (broad SMARTS) is 2. The minimum atomic E-state index is -5.08. The van der Waals surface area contributed by atoms with Gasteiger partial charge in [-0.05, 0) is 47.4 Å². The predicted octanol–water partition coefficient (Wildman–Crippen LogP) is 4.24. The number of carbonyl (C=O) groups excluding carboxylic acids is 1. The van der Waals surface area contributed by atoms with Crippen LogP contribution in [0, 0.1) is 0 Å². The fourth-order valence-corrected chi connectivity index (χ4v) is 5.32. The Hall–Kier alpha value is -4.26. The third-order valence-electron chi connectivity index (χ3n) is 6.63. The summed E-state index contributed by atoms with van der Waals surface area (Å²) in [6.07, 6.45) is -5.06. The maximum absolute atomic E-state index is 12.4. The molecule has 2 N–H and O–H groups in total. The molecular weight excluding hydrogens is 626 g/mol. The first kappa shape index (κ1) is 34.2. The molecule has 19 heteroatoms. The van der Waals surface area contributed by atoms with Gasteiger partial charge in [-0.3, -0.25) is 14.8 Å². The van der Waals surface area contributed by atoms with Gasteiger partial charge in [-0.2, -0.15) is 37.7 Å². The standard InChI is InChI=1S/C21H24N6O2S.2C2HF3O2/c1-29-20(28)26-13-18-23-24-19(17-3-2-7-22-11-17)27(18)21(15-26)5-8-25(9-6-21)12-16-4-10-30-14-16;2*3-2(4,5)1(6)7/h2-4,7,10-11,14H,5-6,8-9,12-13,15H2,1H3;2*(H,6,7). The molecule has 0 unspecified atom stereocenters. The number of alkyl halides is 6. The summed E-state index contributed by atoms with van der Waals surface area (Å²) >= 11 is 1.74. The average Bonchev–Trinajstić information content (AvgIpc) is 3.65. The lowest BCUT2D eigenvalue weighted by Crippen LogP contribution is -2.57. The highest BCUT2D eigenvalue weighted by Crippen LogP contribution is 2.39. The highest BCUT2D eigenvalue weighted by atomic mass is 32.1. The lowest BCUT2D eigenvalue weighted by atomic mass is 9.84. The number of amides is 1. The molecular formula is C25H26F6N6O6S. The molecule has 5 heterocycles. The normalized spacial score (nSPS) is 16.1. The Morgan fingerprint density at radius 3 is 2.11 bits per heavy atom. The van der Waals surface area contributed by atoms with Gasteiger partial charge in [0, 0.05) is 44.1 Å². The molecule has 0 aromatic carbocycles. The Labute approximate surface area is 249 Å². The van der Waals surface area contributed by atoms with E-state index in [1.54, 1.807) is 22.4 Å². The van der Waals surface area contributed by atoms with Crippen molar-refractivity contribution in [1.29, 1.82) is 0 Å². The van der Waals surface area contributed by atoms with Crippen LogP contribution in [-0.4, -0.2) is 96.9 Å². The quantitative estimate of drug-likeness (QED) is 0.393. The molecule has 0 atom stereocenters. The van der Waals surface area contributed by atoms with Crippen LogP contribution in [0.25, 0.3) is 11.4 Å². The molecule has 0 bridgehead atoms. The van der Waals surface area contributed by atoms with Crippen molar-refractivity contribution in [2.24, 2.45) is 0 Å². The number of nitrogens with zero attached hydrogens (tertiary/aromatic N) is 6. The minimum absolute atomic E-state index is 0.248. The molecule has 3 aromatic heterocycles. The van der Waals surface area contributed by atoms with E-state index in [-0.39, 0.29) is 11.6 Å².